The standard InChI is InChI=1S/C16H15BrN2/c1-19(8-7-13-5-3-2-4-6-13)16-10-14(12-18)9-15(17)11-16/h2-6,9-11H,7-8H2,1H3. The molecule has 0 fully saturated rings. The summed E-state index contributed by atoms with van der Waals surface area (Å²) in [7, 11) is 2.05. The van der Waals surface area contributed by atoms with Crippen molar-refractivity contribution in [3.05, 3.63) is 64.1 Å². The van der Waals surface area contributed by atoms with Crippen LogP contribution in [-0.4, -0.2) is 13.6 Å². The average molecular weight is 315 g/mol. The Hall–Kier alpha value is -1.79. The monoisotopic (exact) mass is 314 g/mol. The SMILES string of the molecule is CN(CCc1ccccc1)c1cc(Br)cc(C#N)c1. The normalized spacial score (nSPS) is 9.95. The third-order valence-electron chi connectivity index (χ3n) is 3.03. The van der Waals surface area contributed by atoms with Gasteiger partial charge in [0.25, 0.3) is 0 Å². The number of nitriles is 1. The minimum atomic E-state index is 0.677. The maximum Gasteiger partial charge on any atom is 0.0992 e. The van der Waals surface area contributed by atoms with E-state index < -0.39 is 0 Å². The molecule has 0 heterocycles. The van der Waals surface area contributed by atoms with Gasteiger partial charge in [0.05, 0.1) is 11.6 Å². The van der Waals surface area contributed by atoms with Gasteiger partial charge in [-0.2, -0.15) is 5.26 Å². The Bertz CT molecular complexity index is 587. The fraction of sp³-hybridized carbons (Fsp3) is 0.188. The molecule has 3 heteroatoms. The van der Waals surface area contributed by atoms with Crippen LogP contribution in [-0.2, 0) is 6.42 Å². The molecule has 96 valence electrons. The van der Waals surface area contributed by atoms with Crippen molar-refractivity contribution in [1.82, 2.24) is 0 Å². The zero-order valence-electron chi connectivity index (χ0n) is 10.8. The Morgan fingerprint density at radius 2 is 1.89 bits per heavy atom. The summed E-state index contributed by atoms with van der Waals surface area (Å²) in [6.45, 7) is 0.922. The quantitative estimate of drug-likeness (QED) is 0.853. The molecule has 0 saturated carbocycles. The lowest BCUT2D eigenvalue weighted by atomic mass is 10.1. The second-order valence-corrected chi connectivity index (χ2v) is 5.38. The van der Waals surface area contributed by atoms with Crippen LogP contribution in [0.5, 0.6) is 0 Å². The Labute approximate surface area is 122 Å². The van der Waals surface area contributed by atoms with E-state index in [9.17, 15) is 0 Å². The van der Waals surface area contributed by atoms with Crippen LogP contribution in [0, 0.1) is 11.3 Å². The van der Waals surface area contributed by atoms with Crippen molar-refractivity contribution >= 4 is 21.6 Å². The van der Waals surface area contributed by atoms with Crippen LogP contribution in [0.25, 0.3) is 0 Å². The third kappa shape index (κ3) is 3.84. The van der Waals surface area contributed by atoms with E-state index in [-0.39, 0.29) is 0 Å². The van der Waals surface area contributed by atoms with E-state index in [0.29, 0.717) is 5.56 Å². The molecule has 0 aliphatic heterocycles. The first-order valence-electron chi connectivity index (χ1n) is 6.15. The molecule has 19 heavy (non-hydrogen) atoms. The summed E-state index contributed by atoms with van der Waals surface area (Å²) >= 11 is 3.44. The molecule has 0 amide bonds. The summed E-state index contributed by atoms with van der Waals surface area (Å²) in [5, 5.41) is 8.99. The third-order valence-corrected chi connectivity index (χ3v) is 3.49. The van der Waals surface area contributed by atoms with Gasteiger partial charge in [0.15, 0.2) is 0 Å². The Balaban J connectivity index is 2.06. The van der Waals surface area contributed by atoms with E-state index in [0.717, 1.165) is 23.1 Å². The van der Waals surface area contributed by atoms with Gasteiger partial charge in [-0.25, -0.2) is 0 Å². The predicted octanol–water partition coefficient (Wildman–Crippen LogP) is 4.00. The molecule has 2 aromatic rings. The van der Waals surface area contributed by atoms with E-state index in [1.807, 2.05) is 31.3 Å². The average Bonchev–Trinajstić information content (AvgIpc) is 2.45. The van der Waals surface area contributed by atoms with Gasteiger partial charge in [-0.3, -0.25) is 0 Å². The highest BCUT2D eigenvalue weighted by atomic mass is 79.9. The van der Waals surface area contributed by atoms with E-state index >= 15 is 0 Å². The number of halogens is 1. The number of nitrogens with zero attached hydrogens (tertiary/aromatic N) is 2. The van der Waals surface area contributed by atoms with Gasteiger partial charge in [0, 0.05) is 23.8 Å². The van der Waals surface area contributed by atoms with Crippen molar-refractivity contribution in [3.63, 3.8) is 0 Å². The number of hydrogen-bond donors (Lipinski definition) is 0. The second-order valence-electron chi connectivity index (χ2n) is 4.47. The molecule has 0 aromatic heterocycles. The van der Waals surface area contributed by atoms with Crippen LogP contribution in [0.2, 0.25) is 0 Å². The van der Waals surface area contributed by atoms with Crippen molar-refractivity contribution < 1.29 is 0 Å². The molecule has 0 bridgehead atoms. The fourth-order valence-electron chi connectivity index (χ4n) is 1.93. The minimum absolute atomic E-state index is 0.677. The van der Waals surface area contributed by atoms with Gasteiger partial charge < -0.3 is 4.90 Å². The van der Waals surface area contributed by atoms with Gasteiger partial charge in [-0.1, -0.05) is 46.3 Å². The highest BCUT2D eigenvalue weighted by Crippen LogP contribution is 2.22. The van der Waals surface area contributed by atoms with E-state index in [1.165, 1.54) is 5.56 Å². The van der Waals surface area contributed by atoms with Crippen molar-refractivity contribution in [2.45, 2.75) is 6.42 Å². The maximum atomic E-state index is 8.99. The van der Waals surface area contributed by atoms with Gasteiger partial charge in [0.2, 0.25) is 0 Å². The second kappa shape index (κ2) is 6.40. The molecule has 0 aliphatic carbocycles. The van der Waals surface area contributed by atoms with Crippen LogP contribution in [0.3, 0.4) is 0 Å². The first kappa shape index (κ1) is 13.6. The lowest BCUT2D eigenvalue weighted by Gasteiger charge is -2.20. The van der Waals surface area contributed by atoms with Crippen LogP contribution in [0.1, 0.15) is 11.1 Å². The highest BCUT2D eigenvalue weighted by molar-refractivity contribution is 9.10. The minimum Gasteiger partial charge on any atom is -0.374 e. The van der Waals surface area contributed by atoms with Crippen LogP contribution in [0.4, 0.5) is 5.69 Å². The van der Waals surface area contributed by atoms with E-state index in [1.54, 1.807) is 0 Å². The van der Waals surface area contributed by atoms with Crippen LogP contribution < -0.4 is 4.90 Å². The van der Waals surface area contributed by atoms with E-state index in [2.05, 4.69) is 51.2 Å². The number of rotatable bonds is 4. The summed E-state index contributed by atoms with van der Waals surface area (Å²) < 4.78 is 0.938. The van der Waals surface area contributed by atoms with Crippen molar-refractivity contribution in [2.24, 2.45) is 0 Å². The topological polar surface area (TPSA) is 27.0 Å². The Morgan fingerprint density at radius 3 is 2.58 bits per heavy atom. The molecule has 2 nitrogen and oxygen atoms in total. The molecular weight excluding hydrogens is 300 g/mol. The number of benzene rings is 2. The van der Waals surface area contributed by atoms with Gasteiger partial charge in [0.1, 0.15) is 0 Å². The van der Waals surface area contributed by atoms with Crippen molar-refractivity contribution in [3.8, 4) is 6.07 Å². The largest absolute Gasteiger partial charge is 0.374 e. The van der Waals surface area contributed by atoms with Gasteiger partial charge in [-0.15, -0.1) is 0 Å². The van der Waals surface area contributed by atoms with Crippen LogP contribution in [0.15, 0.2) is 53.0 Å². The van der Waals surface area contributed by atoms with Crippen molar-refractivity contribution in [1.29, 1.82) is 5.26 Å². The Morgan fingerprint density at radius 1 is 1.16 bits per heavy atom. The zero-order chi connectivity index (χ0) is 13.7. The van der Waals surface area contributed by atoms with Crippen LogP contribution >= 0.6 is 15.9 Å². The summed E-state index contributed by atoms with van der Waals surface area (Å²) in [6.07, 6.45) is 0.992. The van der Waals surface area contributed by atoms with Gasteiger partial charge >= 0.3 is 0 Å². The summed E-state index contributed by atoms with van der Waals surface area (Å²) in [4.78, 5) is 2.17. The molecule has 2 aromatic carbocycles. The lowest BCUT2D eigenvalue weighted by molar-refractivity contribution is 0.876. The number of likely N-dealkylation sites (N-methyl/N-ethyl adjacent to an activating group) is 1. The van der Waals surface area contributed by atoms with Gasteiger partial charge in [-0.05, 0) is 30.2 Å². The molecule has 0 aliphatic rings. The zero-order valence-corrected chi connectivity index (χ0v) is 12.4. The molecule has 0 saturated heterocycles. The molecule has 0 atom stereocenters. The van der Waals surface area contributed by atoms with E-state index in [4.69, 9.17) is 5.26 Å². The molecule has 0 unspecified atom stereocenters. The predicted molar refractivity (Wildman–Crippen MR) is 82.3 cm³/mol. The Kier molecular flexibility index (Phi) is 4.59. The first-order valence-corrected chi connectivity index (χ1v) is 6.94. The smallest absolute Gasteiger partial charge is 0.0992 e. The highest BCUT2D eigenvalue weighted by Gasteiger charge is 2.04. The summed E-state index contributed by atoms with van der Waals surface area (Å²) in [6, 6.07) is 18.4. The molecule has 2 rings (SSSR count). The number of hydrogen-bond acceptors (Lipinski definition) is 2. The molecular formula is C16H15BrN2. The molecule has 0 radical (unpaired) electrons. The summed E-state index contributed by atoms with van der Waals surface area (Å²) in [5.41, 5.74) is 3.06. The maximum absolute atomic E-state index is 8.99. The lowest BCUT2D eigenvalue weighted by Crippen LogP contribution is -2.20. The fourth-order valence-corrected chi connectivity index (χ4v) is 2.41. The molecule has 0 N–H and O–H groups in total. The van der Waals surface area contributed by atoms with Crippen molar-refractivity contribution in [2.75, 3.05) is 18.5 Å². The summed E-state index contributed by atoms with van der Waals surface area (Å²) in [5.74, 6) is 0. The molecule has 0 spiro atoms. The number of anilines is 1. The first-order chi connectivity index (χ1) is 9.19.